The number of rotatable bonds is 4. The zero-order valence-electron chi connectivity index (χ0n) is 8.24. The van der Waals surface area contributed by atoms with Crippen molar-refractivity contribution < 1.29 is 14.6 Å². The van der Waals surface area contributed by atoms with Gasteiger partial charge < -0.3 is 9.84 Å². The number of hydrogen-bond acceptors (Lipinski definition) is 2. The average Bonchev–Trinajstić information content (AvgIpc) is 2.17. The number of hydrogen-bond donors (Lipinski definition) is 1. The van der Waals surface area contributed by atoms with E-state index in [-0.39, 0.29) is 12.2 Å². The minimum absolute atomic E-state index is 0.221. The molecule has 0 amide bonds. The van der Waals surface area contributed by atoms with Crippen molar-refractivity contribution in [2.45, 2.75) is 6.92 Å². The van der Waals surface area contributed by atoms with Crippen molar-refractivity contribution in [3.8, 4) is 5.75 Å². The van der Waals surface area contributed by atoms with Crippen LogP contribution in [0.2, 0.25) is 5.02 Å². The standard InChI is InChI=1S/C11H11ClO3/c1-8(11(13)14)5-6-15-10-4-2-3-9(12)7-10/h2-5,7H,6H2,1H3,(H,13,14). The zero-order chi connectivity index (χ0) is 11.3. The lowest BCUT2D eigenvalue weighted by molar-refractivity contribution is -0.132. The van der Waals surface area contributed by atoms with Gasteiger partial charge >= 0.3 is 5.97 Å². The lowest BCUT2D eigenvalue weighted by atomic mass is 10.3. The van der Waals surface area contributed by atoms with Crippen LogP contribution in [0.4, 0.5) is 0 Å². The summed E-state index contributed by atoms with van der Waals surface area (Å²) in [5.41, 5.74) is 0.261. The largest absolute Gasteiger partial charge is 0.489 e. The second-order valence-corrected chi connectivity index (χ2v) is 3.40. The highest BCUT2D eigenvalue weighted by molar-refractivity contribution is 6.30. The molecule has 1 N–H and O–H groups in total. The minimum Gasteiger partial charge on any atom is -0.489 e. The van der Waals surface area contributed by atoms with E-state index in [0.717, 1.165) is 0 Å². The van der Waals surface area contributed by atoms with E-state index in [9.17, 15) is 4.79 Å². The first-order chi connectivity index (χ1) is 7.09. The summed E-state index contributed by atoms with van der Waals surface area (Å²) in [7, 11) is 0. The maximum atomic E-state index is 10.5. The second-order valence-electron chi connectivity index (χ2n) is 2.96. The van der Waals surface area contributed by atoms with Gasteiger partial charge in [0, 0.05) is 10.6 Å². The maximum absolute atomic E-state index is 10.5. The van der Waals surface area contributed by atoms with E-state index < -0.39 is 5.97 Å². The fourth-order valence-electron chi connectivity index (χ4n) is 0.907. The van der Waals surface area contributed by atoms with Crippen molar-refractivity contribution in [2.24, 2.45) is 0 Å². The molecule has 0 atom stereocenters. The van der Waals surface area contributed by atoms with Crippen LogP contribution >= 0.6 is 11.6 Å². The quantitative estimate of drug-likeness (QED) is 0.803. The number of halogens is 1. The van der Waals surface area contributed by atoms with Gasteiger partial charge in [0.2, 0.25) is 0 Å². The van der Waals surface area contributed by atoms with E-state index in [4.69, 9.17) is 21.4 Å². The summed E-state index contributed by atoms with van der Waals surface area (Å²) in [5, 5.41) is 9.17. The van der Waals surface area contributed by atoms with Gasteiger partial charge in [0.15, 0.2) is 0 Å². The number of carboxylic acid groups (broad SMARTS) is 1. The van der Waals surface area contributed by atoms with Crippen molar-refractivity contribution in [1.82, 2.24) is 0 Å². The van der Waals surface area contributed by atoms with Gasteiger partial charge in [-0.15, -0.1) is 0 Å². The molecule has 0 aliphatic rings. The molecule has 4 heteroatoms. The molecular weight excluding hydrogens is 216 g/mol. The van der Waals surface area contributed by atoms with E-state index in [1.54, 1.807) is 24.3 Å². The van der Waals surface area contributed by atoms with Crippen molar-refractivity contribution in [3.05, 3.63) is 40.9 Å². The van der Waals surface area contributed by atoms with Crippen molar-refractivity contribution in [2.75, 3.05) is 6.61 Å². The molecule has 80 valence electrons. The van der Waals surface area contributed by atoms with Crippen LogP contribution in [0.1, 0.15) is 6.92 Å². The Labute approximate surface area is 92.9 Å². The summed E-state index contributed by atoms with van der Waals surface area (Å²) in [5.74, 6) is -0.318. The number of carboxylic acids is 1. The summed E-state index contributed by atoms with van der Waals surface area (Å²) >= 11 is 5.75. The number of ether oxygens (including phenoxy) is 1. The zero-order valence-corrected chi connectivity index (χ0v) is 8.99. The van der Waals surface area contributed by atoms with Crippen molar-refractivity contribution in [3.63, 3.8) is 0 Å². The number of aliphatic carboxylic acids is 1. The molecule has 0 saturated carbocycles. The van der Waals surface area contributed by atoms with Crippen LogP contribution < -0.4 is 4.74 Å². The van der Waals surface area contributed by atoms with Gasteiger partial charge in [-0.25, -0.2) is 4.79 Å². The minimum atomic E-state index is -0.940. The first-order valence-corrected chi connectivity index (χ1v) is 4.76. The molecule has 0 spiro atoms. The van der Waals surface area contributed by atoms with Crippen LogP contribution in [0.15, 0.2) is 35.9 Å². The van der Waals surface area contributed by atoms with E-state index in [0.29, 0.717) is 10.8 Å². The molecule has 0 aliphatic heterocycles. The highest BCUT2D eigenvalue weighted by atomic mass is 35.5. The van der Waals surface area contributed by atoms with E-state index in [1.165, 1.54) is 13.0 Å². The topological polar surface area (TPSA) is 46.5 Å². The van der Waals surface area contributed by atoms with Crippen LogP contribution in [-0.2, 0) is 4.79 Å². The number of benzene rings is 1. The molecule has 1 aromatic carbocycles. The monoisotopic (exact) mass is 226 g/mol. The van der Waals surface area contributed by atoms with Crippen LogP contribution in [0.25, 0.3) is 0 Å². The Bertz CT molecular complexity index is 385. The molecule has 0 unspecified atom stereocenters. The van der Waals surface area contributed by atoms with Gasteiger partial charge in [0.1, 0.15) is 12.4 Å². The Kier molecular flexibility index (Phi) is 4.18. The summed E-state index contributed by atoms with van der Waals surface area (Å²) < 4.78 is 5.28. The predicted octanol–water partition coefficient (Wildman–Crippen LogP) is 2.75. The highest BCUT2D eigenvalue weighted by Gasteiger charge is 1.98. The Hall–Kier alpha value is -1.48. The number of carbonyl (C=O) groups is 1. The summed E-state index contributed by atoms with van der Waals surface area (Å²) in [6, 6.07) is 6.94. The van der Waals surface area contributed by atoms with E-state index >= 15 is 0 Å². The van der Waals surface area contributed by atoms with Gasteiger partial charge in [-0.05, 0) is 31.2 Å². The molecule has 0 aliphatic carbocycles. The van der Waals surface area contributed by atoms with Crippen LogP contribution in [0, 0.1) is 0 Å². The third-order valence-electron chi connectivity index (χ3n) is 1.77. The Morgan fingerprint density at radius 3 is 2.93 bits per heavy atom. The molecule has 15 heavy (non-hydrogen) atoms. The molecule has 0 saturated heterocycles. The molecule has 3 nitrogen and oxygen atoms in total. The third-order valence-corrected chi connectivity index (χ3v) is 2.01. The van der Waals surface area contributed by atoms with Crippen LogP contribution in [-0.4, -0.2) is 17.7 Å². The van der Waals surface area contributed by atoms with E-state index in [2.05, 4.69) is 0 Å². The molecule has 0 aromatic heterocycles. The first kappa shape index (κ1) is 11.6. The van der Waals surface area contributed by atoms with Gasteiger partial charge in [-0.1, -0.05) is 17.7 Å². The summed E-state index contributed by atoms with van der Waals surface area (Å²) in [6.45, 7) is 1.74. The van der Waals surface area contributed by atoms with Gasteiger partial charge in [-0.3, -0.25) is 0 Å². The smallest absolute Gasteiger partial charge is 0.331 e. The summed E-state index contributed by atoms with van der Waals surface area (Å²) in [4.78, 5) is 10.5. The van der Waals surface area contributed by atoms with Gasteiger partial charge in [0.25, 0.3) is 0 Å². The summed E-state index contributed by atoms with van der Waals surface area (Å²) in [6.07, 6.45) is 1.50. The fourth-order valence-corrected chi connectivity index (χ4v) is 1.09. The second kappa shape index (κ2) is 5.41. The molecule has 0 radical (unpaired) electrons. The first-order valence-electron chi connectivity index (χ1n) is 4.38. The normalized spacial score (nSPS) is 11.2. The van der Waals surface area contributed by atoms with Crippen molar-refractivity contribution >= 4 is 17.6 Å². The molecule has 0 fully saturated rings. The molecule has 1 rings (SSSR count). The third kappa shape index (κ3) is 4.04. The van der Waals surface area contributed by atoms with Crippen molar-refractivity contribution in [1.29, 1.82) is 0 Å². The van der Waals surface area contributed by atoms with Gasteiger partial charge in [-0.2, -0.15) is 0 Å². The SMILES string of the molecule is CC(=CCOc1cccc(Cl)c1)C(=O)O. The predicted molar refractivity (Wildman–Crippen MR) is 58.3 cm³/mol. The van der Waals surface area contributed by atoms with Gasteiger partial charge in [0.05, 0.1) is 0 Å². The molecular formula is C11H11ClO3. The molecule has 0 bridgehead atoms. The van der Waals surface area contributed by atoms with Crippen LogP contribution in [0.5, 0.6) is 5.75 Å². The lowest BCUT2D eigenvalue weighted by Gasteiger charge is -2.03. The highest BCUT2D eigenvalue weighted by Crippen LogP contribution is 2.16. The lowest BCUT2D eigenvalue weighted by Crippen LogP contribution is -2.00. The average molecular weight is 227 g/mol. The maximum Gasteiger partial charge on any atom is 0.331 e. The van der Waals surface area contributed by atoms with Crippen LogP contribution in [0.3, 0.4) is 0 Å². The Morgan fingerprint density at radius 2 is 2.33 bits per heavy atom. The van der Waals surface area contributed by atoms with E-state index in [1.807, 2.05) is 0 Å². The molecule has 0 heterocycles. The Balaban J connectivity index is 2.51. The fraction of sp³-hybridized carbons (Fsp3) is 0.182. The molecule has 1 aromatic rings. The Morgan fingerprint density at radius 1 is 1.60 bits per heavy atom.